The number of nitrogens with one attached hydrogen (secondary N) is 2. The number of halogens is 5. The van der Waals surface area contributed by atoms with E-state index in [2.05, 4.69) is 25.6 Å². The molecule has 1 atom stereocenters. The van der Waals surface area contributed by atoms with Crippen LogP contribution in [0.2, 0.25) is 5.02 Å². The summed E-state index contributed by atoms with van der Waals surface area (Å²) >= 11 is 5.68. The van der Waals surface area contributed by atoms with E-state index in [1.807, 2.05) is 0 Å². The number of carbonyl (C=O) groups is 2. The SMILES string of the molecule is C[C@H](NC(=O)C1(CC(=O)c2cncnc2)CC1)c1ncc(Nc2ccc(Cl)cc2C(F)(F)F)cc1F. The van der Waals surface area contributed by atoms with Crippen LogP contribution in [-0.2, 0) is 11.0 Å². The molecule has 0 radical (unpaired) electrons. The van der Waals surface area contributed by atoms with E-state index in [-0.39, 0.29) is 34.3 Å². The summed E-state index contributed by atoms with van der Waals surface area (Å²) in [6.45, 7) is 1.53. The van der Waals surface area contributed by atoms with Gasteiger partial charge in [0.15, 0.2) is 5.78 Å². The molecule has 12 heteroatoms. The fourth-order valence-electron chi connectivity index (χ4n) is 3.76. The summed E-state index contributed by atoms with van der Waals surface area (Å²) in [7, 11) is 0. The molecule has 1 fully saturated rings. The Hall–Kier alpha value is -3.60. The van der Waals surface area contributed by atoms with Gasteiger partial charge in [0, 0.05) is 29.9 Å². The molecule has 1 aliphatic rings. The number of carbonyl (C=O) groups excluding carboxylic acids is 2. The molecule has 1 aromatic carbocycles. The summed E-state index contributed by atoms with van der Waals surface area (Å²) < 4.78 is 54.8. The molecule has 2 N–H and O–H groups in total. The molecule has 0 spiro atoms. The molecule has 7 nitrogen and oxygen atoms in total. The molecule has 3 aromatic rings. The van der Waals surface area contributed by atoms with Crippen molar-refractivity contribution in [2.45, 2.75) is 38.4 Å². The van der Waals surface area contributed by atoms with Gasteiger partial charge < -0.3 is 10.6 Å². The van der Waals surface area contributed by atoms with Gasteiger partial charge in [0.05, 0.1) is 45.8 Å². The minimum absolute atomic E-state index is 0.0167. The number of alkyl halides is 3. The normalized spacial score (nSPS) is 15.2. The van der Waals surface area contributed by atoms with Crippen LogP contribution >= 0.6 is 11.6 Å². The molecular formula is C24H20ClF4N5O2. The number of Topliss-reactive ketones (excluding diaryl/α,β-unsaturated/α-hetero) is 1. The summed E-state index contributed by atoms with van der Waals surface area (Å²) in [5.74, 6) is -1.49. The average Bonchev–Trinajstić information content (AvgIpc) is 3.61. The smallest absolute Gasteiger partial charge is 0.354 e. The van der Waals surface area contributed by atoms with Crippen molar-refractivity contribution in [2.75, 3.05) is 5.32 Å². The molecule has 188 valence electrons. The fraction of sp³-hybridized carbons (Fsp3) is 0.292. The largest absolute Gasteiger partial charge is 0.418 e. The van der Waals surface area contributed by atoms with Crippen molar-refractivity contribution < 1.29 is 27.2 Å². The Balaban J connectivity index is 1.44. The van der Waals surface area contributed by atoms with Crippen molar-refractivity contribution in [3.05, 3.63) is 76.8 Å². The molecule has 2 aromatic heterocycles. The molecular weight excluding hydrogens is 502 g/mol. The molecule has 1 aliphatic carbocycles. The standard InChI is InChI=1S/C24H20ClF4N5O2/c1-13(33-22(36)23(4-5-23)8-20(35)14-9-30-12-31-10-14)21-18(26)7-16(11-32-21)34-19-3-2-15(25)6-17(19)24(27,28)29/h2-3,6-7,9-13,34H,4-5,8H2,1H3,(H,33,36)/t13-/m0/s1. The van der Waals surface area contributed by atoms with Gasteiger partial charge in [0.2, 0.25) is 5.91 Å². The van der Waals surface area contributed by atoms with Crippen molar-refractivity contribution in [3.63, 3.8) is 0 Å². The molecule has 1 amide bonds. The third kappa shape index (κ3) is 5.62. The second-order valence-electron chi connectivity index (χ2n) is 8.61. The van der Waals surface area contributed by atoms with Crippen LogP contribution in [0.15, 0.2) is 49.2 Å². The van der Waals surface area contributed by atoms with Gasteiger partial charge in [-0.1, -0.05) is 11.6 Å². The molecule has 4 rings (SSSR count). The van der Waals surface area contributed by atoms with Crippen LogP contribution in [0.3, 0.4) is 0 Å². The monoisotopic (exact) mass is 521 g/mol. The first-order valence-corrected chi connectivity index (χ1v) is 11.2. The molecule has 0 aliphatic heterocycles. The van der Waals surface area contributed by atoms with E-state index in [0.29, 0.717) is 18.4 Å². The Morgan fingerprint density at radius 3 is 2.44 bits per heavy atom. The number of hydrogen-bond donors (Lipinski definition) is 2. The van der Waals surface area contributed by atoms with Gasteiger partial charge in [0.1, 0.15) is 12.1 Å². The first-order valence-electron chi connectivity index (χ1n) is 10.9. The zero-order valence-corrected chi connectivity index (χ0v) is 19.6. The number of aromatic nitrogens is 3. The molecule has 2 heterocycles. The number of benzene rings is 1. The number of hydrogen-bond acceptors (Lipinski definition) is 6. The van der Waals surface area contributed by atoms with Crippen molar-refractivity contribution in [2.24, 2.45) is 5.41 Å². The molecule has 1 saturated carbocycles. The summed E-state index contributed by atoms with van der Waals surface area (Å²) in [6.07, 6.45) is 1.53. The van der Waals surface area contributed by atoms with Crippen LogP contribution in [-0.4, -0.2) is 26.6 Å². The van der Waals surface area contributed by atoms with Crippen LogP contribution in [0, 0.1) is 11.2 Å². The lowest BCUT2D eigenvalue weighted by Gasteiger charge is -2.20. The number of nitrogens with zero attached hydrogens (tertiary/aromatic N) is 3. The first-order chi connectivity index (χ1) is 17.0. The van der Waals surface area contributed by atoms with E-state index >= 15 is 0 Å². The topological polar surface area (TPSA) is 96.9 Å². The number of amides is 1. The lowest BCUT2D eigenvalue weighted by molar-refractivity contribution is -0.137. The van der Waals surface area contributed by atoms with E-state index in [0.717, 1.165) is 18.2 Å². The van der Waals surface area contributed by atoms with E-state index < -0.39 is 34.9 Å². The molecule has 0 saturated heterocycles. The van der Waals surface area contributed by atoms with E-state index in [1.165, 1.54) is 37.9 Å². The van der Waals surface area contributed by atoms with E-state index in [1.54, 1.807) is 0 Å². The molecule has 0 bridgehead atoms. The Bertz CT molecular complexity index is 1300. The average molecular weight is 522 g/mol. The number of pyridine rings is 1. The Morgan fingerprint density at radius 1 is 1.14 bits per heavy atom. The Labute approximate surface area is 208 Å². The predicted octanol–water partition coefficient (Wildman–Crippen LogP) is 5.66. The second-order valence-corrected chi connectivity index (χ2v) is 9.04. The van der Waals surface area contributed by atoms with Gasteiger partial charge in [-0.05, 0) is 38.0 Å². The maximum Gasteiger partial charge on any atom is 0.418 e. The summed E-state index contributed by atoms with van der Waals surface area (Å²) in [5.41, 5.74) is -2.02. The maximum atomic E-state index is 14.8. The highest BCUT2D eigenvalue weighted by Gasteiger charge is 2.51. The van der Waals surface area contributed by atoms with Crippen LogP contribution in [0.1, 0.15) is 53.8 Å². The molecule has 36 heavy (non-hydrogen) atoms. The maximum absolute atomic E-state index is 14.8. The van der Waals surface area contributed by atoms with E-state index in [4.69, 9.17) is 11.6 Å². The summed E-state index contributed by atoms with van der Waals surface area (Å²) in [5, 5.41) is 5.11. The highest BCUT2D eigenvalue weighted by atomic mass is 35.5. The van der Waals surface area contributed by atoms with Gasteiger partial charge in [-0.15, -0.1) is 0 Å². The lowest BCUT2D eigenvalue weighted by atomic mass is 9.95. The van der Waals surface area contributed by atoms with Crippen LogP contribution in [0.4, 0.5) is 28.9 Å². The second kappa shape index (κ2) is 9.81. The fourth-order valence-corrected chi connectivity index (χ4v) is 3.93. The summed E-state index contributed by atoms with van der Waals surface area (Å²) in [4.78, 5) is 37.0. The zero-order chi connectivity index (χ0) is 26.1. The van der Waals surface area contributed by atoms with Crippen molar-refractivity contribution in [1.29, 1.82) is 0 Å². The van der Waals surface area contributed by atoms with Gasteiger partial charge >= 0.3 is 6.18 Å². The summed E-state index contributed by atoms with van der Waals surface area (Å²) in [6, 6.07) is 3.32. The minimum atomic E-state index is -4.67. The lowest BCUT2D eigenvalue weighted by Crippen LogP contribution is -2.36. The van der Waals surface area contributed by atoms with Crippen LogP contribution < -0.4 is 10.6 Å². The third-order valence-electron chi connectivity index (χ3n) is 5.91. The Kier molecular flexibility index (Phi) is 6.94. The zero-order valence-electron chi connectivity index (χ0n) is 18.9. The first kappa shape index (κ1) is 25.5. The van der Waals surface area contributed by atoms with Crippen molar-refractivity contribution in [3.8, 4) is 0 Å². The number of anilines is 2. The van der Waals surface area contributed by atoms with Crippen LogP contribution in [0.25, 0.3) is 0 Å². The van der Waals surface area contributed by atoms with Gasteiger partial charge in [-0.3, -0.25) is 14.6 Å². The quantitative estimate of drug-likeness (QED) is 0.293. The van der Waals surface area contributed by atoms with Crippen molar-refractivity contribution >= 4 is 34.7 Å². The highest BCUT2D eigenvalue weighted by molar-refractivity contribution is 6.30. The van der Waals surface area contributed by atoms with Gasteiger partial charge in [0.25, 0.3) is 0 Å². The number of ketones is 1. The van der Waals surface area contributed by atoms with Gasteiger partial charge in [-0.25, -0.2) is 14.4 Å². The number of rotatable bonds is 8. The van der Waals surface area contributed by atoms with Crippen LogP contribution in [0.5, 0.6) is 0 Å². The third-order valence-corrected chi connectivity index (χ3v) is 6.15. The van der Waals surface area contributed by atoms with E-state index in [9.17, 15) is 27.2 Å². The van der Waals surface area contributed by atoms with Gasteiger partial charge in [-0.2, -0.15) is 13.2 Å². The Morgan fingerprint density at radius 2 is 1.83 bits per heavy atom. The molecule has 0 unspecified atom stereocenters. The predicted molar refractivity (Wildman–Crippen MR) is 123 cm³/mol. The minimum Gasteiger partial charge on any atom is -0.354 e. The highest BCUT2D eigenvalue weighted by Crippen LogP contribution is 2.50. The van der Waals surface area contributed by atoms with Crippen molar-refractivity contribution in [1.82, 2.24) is 20.3 Å².